The molecule has 1 aliphatic heterocycles. The molecule has 0 aliphatic carbocycles. The van der Waals surface area contributed by atoms with Crippen LogP contribution in [0.4, 0.5) is 5.82 Å². The number of anilines is 1. The molecule has 0 radical (unpaired) electrons. The zero-order chi connectivity index (χ0) is 14.0. The minimum atomic E-state index is -0.0396. The quantitative estimate of drug-likeness (QED) is 0.768. The fourth-order valence-corrected chi connectivity index (χ4v) is 3.40. The second kappa shape index (κ2) is 5.81. The topological polar surface area (TPSA) is 49.0 Å². The van der Waals surface area contributed by atoms with Crippen LogP contribution >= 0.6 is 22.6 Å². The van der Waals surface area contributed by atoms with Crippen molar-refractivity contribution >= 4 is 28.4 Å². The van der Waals surface area contributed by atoms with Gasteiger partial charge in [-0.15, -0.1) is 0 Å². The summed E-state index contributed by atoms with van der Waals surface area (Å²) in [6, 6.07) is 0. The molecule has 2 heterocycles. The Labute approximate surface area is 128 Å². The fraction of sp³-hybridized carbons (Fsp3) is 0.714. The maximum absolute atomic E-state index is 11.7. The molecule has 1 saturated heterocycles. The van der Waals surface area contributed by atoms with E-state index in [-0.39, 0.29) is 5.56 Å². The van der Waals surface area contributed by atoms with E-state index in [2.05, 4.69) is 58.2 Å². The monoisotopic (exact) mass is 375 g/mol. The molecule has 0 bridgehead atoms. The number of H-pyrrole nitrogens is 1. The number of aromatic amines is 1. The van der Waals surface area contributed by atoms with Crippen molar-refractivity contribution in [3.63, 3.8) is 0 Å². The van der Waals surface area contributed by atoms with E-state index in [1.807, 2.05) is 0 Å². The number of rotatable bonds is 1. The summed E-state index contributed by atoms with van der Waals surface area (Å²) in [5, 5.41) is 0. The lowest BCUT2D eigenvalue weighted by molar-refractivity contribution is 0.220. The van der Waals surface area contributed by atoms with Crippen molar-refractivity contribution < 1.29 is 0 Å². The SMILES string of the molecule is CC(C)(C)C1CCCN(c2nc[nH]c(=O)c2I)CC1. The molecule has 1 atom stereocenters. The number of hydrogen-bond acceptors (Lipinski definition) is 3. The molecule has 1 N–H and O–H groups in total. The Balaban J connectivity index is 2.16. The van der Waals surface area contributed by atoms with Gasteiger partial charge in [0.1, 0.15) is 9.39 Å². The van der Waals surface area contributed by atoms with E-state index in [1.165, 1.54) is 25.6 Å². The first-order chi connectivity index (χ1) is 8.89. The first kappa shape index (κ1) is 14.8. The molecule has 4 nitrogen and oxygen atoms in total. The third-order valence-corrected chi connectivity index (χ3v) is 5.00. The van der Waals surface area contributed by atoms with Gasteiger partial charge in [-0.05, 0) is 53.2 Å². The first-order valence-corrected chi connectivity index (χ1v) is 7.95. The molecule has 106 valence electrons. The lowest BCUT2D eigenvalue weighted by atomic mass is 9.77. The highest BCUT2D eigenvalue weighted by Gasteiger charge is 2.28. The van der Waals surface area contributed by atoms with Gasteiger partial charge in [0.2, 0.25) is 0 Å². The van der Waals surface area contributed by atoms with Gasteiger partial charge in [0, 0.05) is 13.1 Å². The third kappa shape index (κ3) is 3.49. The van der Waals surface area contributed by atoms with Crippen molar-refractivity contribution in [1.82, 2.24) is 9.97 Å². The molecule has 1 aliphatic rings. The lowest BCUT2D eigenvalue weighted by Gasteiger charge is -2.30. The largest absolute Gasteiger partial charge is 0.356 e. The predicted molar refractivity (Wildman–Crippen MR) is 86.6 cm³/mol. The maximum Gasteiger partial charge on any atom is 0.266 e. The van der Waals surface area contributed by atoms with Gasteiger partial charge in [0.25, 0.3) is 5.56 Å². The number of halogens is 1. The fourth-order valence-electron chi connectivity index (χ4n) is 2.77. The van der Waals surface area contributed by atoms with Crippen molar-refractivity contribution in [3.05, 3.63) is 20.3 Å². The van der Waals surface area contributed by atoms with Gasteiger partial charge in [-0.25, -0.2) is 4.98 Å². The van der Waals surface area contributed by atoms with Gasteiger partial charge in [-0.3, -0.25) is 4.79 Å². The first-order valence-electron chi connectivity index (χ1n) is 6.87. The van der Waals surface area contributed by atoms with Gasteiger partial charge >= 0.3 is 0 Å². The molecule has 0 aromatic carbocycles. The number of aromatic nitrogens is 2. The second-order valence-corrected chi connectivity index (χ2v) is 7.43. The summed E-state index contributed by atoms with van der Waals surface area (Å²) in [6.07, 6.45) is 5.12. The van der Waals surface area contributed by atoms with Crippen molar-refractivity contribution in [2.75, 3.05) is 18.0 Å². The zero-order valence-corrected chi connectivity index (χ0v) is 14.0. The summed E-state index contributed by atoms with van der Waals surface area (Å²) < 4.78 is 0.703. The van der Waals surface area contributed by atoms with Crippen LogP contribution in [0.5, 0.6) is 0 Å². The van der Waals surface area contributed by atoms with Crippen molar-refractivity contribution in [3.8, 4) is 0 Å². The maximum atomic E-state index is 11.7. The summed E-state index contributed by atoms with van der Waals surface area (Å²) in [5.41, 5.74) is 0.326. The van der Waals surface area contributed by atoms with Crippen molar-refractivity contribution in [1.29, 1.82) is 0 Å². The minimum Gasteiger partial charge on any atom is -0.356 e. The van der Waals surface area contributed by atoms with E-state index in [9.17, 15) is 4.79 Å². The van der Waals surface area contributed by atoms with Crippen LogP contribution in [-0.4, -0.2) is 23.1 Å². The van der Waals surface area contributed by atoms with Gasteiger partial charge in [0.15, 0.2) is 0 Å². The molecule has 1 aromatic rings. The smallest absolute Gasteiger partial charge is 0.266 e. The van der Waals surface area contributed by atoms with Gasteiger partial charge in [-0.1, -0.05) is 20.8 Å². The highest BCUT2D eigenvalue weighted by molar-refractivity contribution is 14.1. The predicted octanol–water partition coefficient (Wildman–Crippen LogP) is 3.03. The van der Waals surface area contributed by atoms with Gasteiger partial charge in [-0.2, -0.15) is 0 Å². The van der Waals surface area contributed by atoms with Gasteiger partial charge in [0.05, 0.1) is 6.33 Å². The third-order valence-electron chi connectivity index (χ3n) is 4.03. The summed E-state index contributed by atoms with van der Waals surface area (Å²) in [4.78, 5) is 20.9. The van der Waals surface area contributed by atoms with Gasteiger partial charge < -0.3 is 9.88 Å². The molecule has 19 heavy (non-hydrogen) atoms. The summed E-state index contributed by atoms with van der Waals surface area (Å²) in [6.45, 7) is 8.96. The number of nitrogens with zero attached hydrogens (tertiary/aromatic N) is 2. The van der Waals surface area contributed by atoms with Crippen molar-refractivity contribution in [2.24, 2.45) is 11.3 Å². The second-order valence-electron chi connectivity index (χ2n) is 6.35. The molecule has 1 unspecified atom stereocenters. The summed E-state index contributed by atoms with van der Waals surface area (Å²) >= 11 is 2.09. The van der Waals surface area contributed by atoms with Crippen LogP contribution in [0.25, 0.3) is 0 Å². The molecular weight excluding hydrogens is 353 g/mol. The van der Waals surface area contributed by atoms with Crippen LogP contribution in [0, 0.1) is 14.9 Å². The Morgan fingerprint density at radius 1 is 1.37 bits per heavy atom. The summed E-state index contributed by atoms with van der Waals surface area (Å²) in [5.74, 6) is 1.59. The van der Waals surface area contributed by atoms with E-state index in [0.717, 1.165) is 24.8 Å². The number of hydrogen-bond donors (Lipinski definition) is 1. The van der Waals surface area contributed by atoms with Crippen LogP contribution in [0.2, 0.25) is 0 Å². The van der Waals surface area contributed by atoms with Crippen LogP contribution < -0.4 is 10.5 Å². The lowest BCUT2D eigenvalue weighted by Crippen LogP contribution is -2.29. The molecular formula is C14H22IN3O. The Hall–Kier alpha value is -0.590. The average Bonchev–Trinajstić information content (AvgIpc) is 2.57. The Kier molecular flexibility index (Phi) is 4.53. The minimum absolute atomic E-state index is 0.0396. The van der Waals surface area contributed by atoms with E-state index < -0.39 is 0 Å². The highest BCUT2D eigenvalue weighted by Crippen LogP contribution is 2.35. The highest BCUT2D eigenvalue weighted by atomic mass is 127. The Bertz CT molecular complexity index is 492. The molecule has 0 amide bonds. The molecule has 5 heteroatoms. The van der Waals surface area contributed by atoms with Crippen LogP contribution in [0.3, 0.4) is 0 Å². The Morgan fingerprint density at radius 3 is 2.79 bits per heavy atom. The molecule has 1 fully saturated rings. The zero-order valence-electron chi connectivity index (χ0n) is 11.9. The van der Waals surface area contributed by atoms with Crippen molar-refractivity contribution in [2.45, 2.75) is 40.0 Å². The Morgan fingerprint density at radius 2 is 2.11 bits per heavy atom. The normalized spacial score (nSPS) is 21.3. The number of nitrogens with one attached hydrogen (secondary N) is 1. The van der Waals surface area contributed by atoms with E-state index in [0.29, 0.717) is 8.99 Å². The molecule has 0 saturated carbocycles. The van der Waals surface area contributed by atoms with E-state index in [4.69, 9.17) is 0 Å². The standard InChI is InChI=1S/C14H22IN3O/c1-14(2,3)10-5-4-7-18(8-6-10)12-11(15)13(19)17-9-16-12/h9-10H,4-8H2,1-3H3,(H,16,17,19). The van der Waals surface area contributed by atoms with Crippen LogP contribution in [-0.2, 0) is 0 Å². The van der Waals surface area contributed by atoms with Crippen LogP contribution in [0.15, 0.2) is 11.1 Å². The van der Waals surface area contributed by atoms with E-state index in [1.54, 1.807) is 0 Å². The van der Waals surface area contributed by atoms with E-state index >= 15 is 0 Å². The molecule has 0 spiro atoms. The molecule has 1 aromatic heterocycles. The summed E-state index contributed by atoms with van der Waals surface area (Å²) in [7, 11) is 0. The van der Waals surface area contributed by atoms with Crippen LogP contribution in [0.1, 0.15) is 40.0 Å². The molecule has 2 rings (SSSR count). The average molecular weight is 375 g/mol.